The number of hydrogen-bond donors (Lipinski definition) is 1. The van der Waals surface area contributed by atoms with Crippen molar-refractivity contribution in [3.8, 4) is 0 Å². The SMILES string of the molecule is CN(c1ccccc1)c1ccc(C(=O)N2CC[C@H](Nc3ccccc3)C2)cn1. The molecule has 0 spiro atoms. The Morgan fingerprint density at radius 1 is 1.04 bits per heavy atom. The lowest BCUT2D eigenvalue weighted by molar-refractivity contribution is 0.0791. The van der Waals surface area contributed by atoms with Crippen LogP contribution in [0.4, 0.5) is 17.2 Å². The van der Waals surface area contributed by atoms with E-state index >= 15 is 0 Å². The molecule has 2 heterocycles. The molecule has 4 rings (SSSR count). The lowest BCUT2D eigenvalue weighted by atomic mass is 10.2. The molecule has 1 fully saturated rings. The molecule has 0 aliphatic carbocycles. The molecule has 142 valence electrons. The second kappa shape index (κ2) is 8.13. The summed E-state index contributed by atoms with van der Waals surface area (Å²) < 4.78 is 0. The van der Waals surface area contributed by atoms with E-state index in [0.29, 0.717) is 12.1 Å². The van der Waals surface area contributed by atoms with Gasteiger partial charge in [-0.1, -0.05) is 36.4 Å². The van der Waals surface area contributed by atoms with Gasteiger partial charge in [-0.15, -0.1) is 0 Å². The molecule has 0 saturated carbocycles. The third-order valence-corrected chi connectivity index (χ3v) is 5.10. The first-order valence-corrected chi connectivity index (χ1v) is 9.56. The number of benzene rings is 2. The summed E-state index contributed by atoms with van der Waals surface area (Å²) in [5.41, 5.74) is 2.78. The van der Waals surface area contributed by atoms with Crippen molar-refractivity contribution in [1.29, 1.82) is 0 Å². The molecule has 5 heteroatoms. The van der Waals surface area contributed by atoms with E-state index in [1.807, 2.05) is 77.5 Å². The third kappa shape index (κ3) is 3.98. The fourth-order valence-electron chi connectivity index (χ4n) is 3.51. The third-order valence-electron chi connectivity index (χ3n) is 5.10. The van der Waals surface area contributed by atoms with Crippen molar-refractivity contribution in [3.05, 3.63) is 84.6 Å². The van der Waals surface area contributed by atoms with Crippen LogP contribution in [0, 0.1) is 0 Å². The number of aromatic nitrogens is 1. The minimum Gasteiger partial charge on any atom is -0.380 e. The van der Waals surface area contributed by atoms with Gasteiger partial charge < -0.3 is 15.1 Å². The number of hydrogen-bond acceptors (Lipinski definition) is 4. The highest BCUT2D eigenvalue weighted by Crippen LogP contribution is 2.22. The Labute approximate surface area is 165 Å². The molecule has 1 aliphatic heterocycles. The number of amides is 1. The van der Waals surface area contributed by atoms with E-state index in [4.69, 9.17) is 0 Å². The molecule has 3 aromatic rings. The topological polar surface area (TPSA) is 48.5 Å². The first-order valence-electron chi connectivity index (χ1n) is 9.56. The number of nitrogens with zero attached hydrogens (tertiary/aromatic N) is 3. The van der Waals surface area contributed by atoms with Crippen LogP contribution in [0.5, 0.6) is 0 Å². The van der Waals surface area contributed by atoms with Crippen LogP contribution in [0.25, 0.3) is 0 Å². The van der Waals surface area contributed by atoms with E-state index in [1.165, 1.54) is 0 Å². The average Bonchev–Trinajstić information content (AvgIpc) is 3.22. The molecule has 2 aromatic carbocycles. The van der Waals surface area contributed by atoms with Crippen LogP contribution in [-0.2, 0) is 0 Å². The van der Waals surface area contributed by atoms with E-state index in [-0.39, 0.29) is 11.9 Å². The number of carbonyl (C=O) groups is 1. The second-order valence-electron chi connectivity index (χ2n) is 7.05. The normalized spacial score (nSPS) is 16.0. The first-order chi connectivity index (χ1) is 13.7. The maximum absolute atomic E-state index is 12.8. The van der Waals surface area contributed by atoms with Gasteiger partial charge in [0, 0.05) is 43.8 Å². The second-order valence-corrected chi connectivity index (χ2v) is 7.05. The smallest absolute Gasteiger partial charge is 0.255 e. The molecule has 1 amide bonds. The Balaban J connectivity index is 1.39. The molecule has 1 saturated heterocycles. The van der Waals surface area contributed by atoms with E-state index in [9.17, 15) is 4.79 Å². The van der Waals surface area contributed by atoms with Crippen LogP contribution in [-0.4, -0.2) is 42.0 Å². The van der Waals surface area contributed by atoms with Crippen molar-refractivity contribution in [1.82, 2.24) is 9.88 Å². The number of carbonyl (C=O) groups excluding carboxylic acids is 1. The molecular weight excluding hydrogens is 348 g/mol. The lowest BCUT2D eigenvalue weighted by Crippen LogP contribution is -2.31. The van der Waals surface area contributed by atoms with Gasteiger partial charge in [0.05, 0.1) is 5.56 Å². The molecule has 1 aliphatic rings. The number of rotatable bonds is 5. The van der Waals surface area contributed by atoms with Crippen LogP contribution >= 0.6 is 0 Å². The fourth-order valence-corrected chi connectivity index (χ4v) is 3.51. The maximum atomic E-state index is 12.8. The number of para-hydroxylation sites is 2. The molecule has 1 N–H and O–H groups in total. The zero-order chi connectivity index (χ0) is 19.3. The van der Waals surface area contributed by atoms with Gasteiger partial charge in [0.1, 0.15) is 5.82 Å². The monoisotopic (exact) mass is 372 g/mol. The van der Waals surface area contributed by atoms with E-state index in [1.54, 1.807) is 6.20 Å². The van der Waals surface area contributed by atoms with E-state index in [2.05, 4.69) is 22.4 Å². The van der Waals surface area contributed by atoms with Crippen LogP contribution in [0.1, 0.15) is 16.8 Å². The molecular formula is C23H24N4O. The Bertz CT molecular complexity index is 912. The summed E-state index contributed by atoms with van der Waals surface area (Å²) in [4.78, 5) is 21.2. The summed E-state index contributed by atoms with van der Waals surface area (Å²) in [6.45, 7) is 1.47. The molecule has 0 radical (unpaired) electrons. The highest BCUT2D eigenvalue weighted by molar-refractivity contribution is 5.94. The largest absolute Gasteiger partial charge is 0.380 e. The summed E-state index contributed by atoms with van der Waals surface area (Å²) in [6, 6.07) is 24.2. The van der Waals surface area contributed by atoms with E-state index < -0.39 is 0 Å². The standard InChI is InChI=1S/C23H24N4O/c1-26(21-10-6-3-7-11-21)22-13-12-18(16-24-22)23(28)27-15-14-20(17-27)25-19-8-4-2-5-9-19/h2-13,16,20,25H,14-15,17H2,1H3/t20-/m0/s1. The zero-order valence-corrected chi connectivity index (χ0v) is 16.0. The van der Waals surface area contributed by atoms with Crippen molar-refractivity contribution in [3.63, 3.8) is 0 Å². The Kier molecular flexibility index (Phi) is 5.24. The van der Waals surface area contributed by atoms with Gasteiger partial charge in [-0.3, -0.25) is 4.79 Å². The number of pyridine rings is 1. The predicted molar refractivity (Wildman–Crippen MR) is 113 cm³/mol. The summed E-state index contributed by atoms with van der Waals surface area (Å²) in [5, 5.41) is 3.50. The van der Waals surface area contributed by atoms with Gasteiger partial charge in [0.25, 0.3) is 5.91 Å². The summed E-state index contributed by atoms with van der Waals surface area (Å²) in [7, 11) is 1.97. The highest BCUT2D eigenvalue weighted by Gasteiger charge is 2.27. The van der Waals surface area contributed by atoms with Gasteiger partial charge in [-0.05, 0) is 42.8 Å². The molecule has 1 atom stereocenters. The fraction of sp³-hybridized carbons (Fsp3) is 0.217. The van der Waals surface area contributed by atoms with Crippen LogP contribution in [0.15, 0.2) is 79.0 Å². The molecule has 28 heavy (non-hydrogen) atoms. The van der Waals surface area contributed by atoms with Gasteiger partial charge in [-0.25, -0.2) is 4.98 Å². The van der Waals surface area contributed by atoms with Crippen molar-refractivity contribution in [2.75, 3.05) is 30.4 Å². The van der Waals surface area contributed by atoms with Gasteiger partial charge in [0.15, 0.2) is 0 Å². The summed E-state index contributed by atoms with van der Waals surface area (Å²) >= 11 is 0. The Morgan fingerprint density at radius 3 is 2.43 bits per heavy atom. The summed E-state index contributed by atoms with van der Waals surface area (Å²) in [6.07, 6.45) is 2.62. The van der Waals surface area contributed by atoms with E-state index in [0.717, 1.165) is 30.2 Å². The molecule has 0 bridgehead atoms. The number of likely N-dealkylation sites (tertiary alicyclic amines) is 1. The zero-order valence-electron chi connectivity index (χ0n) is 16.0. The molecule has 0 unspecified atom stereocenters. The molecule has 1 aromatic heterocycles. The van der Waals surface area contributed by atoms with Gasteiger partial charge in [-0.2, -0.15) is 0 Å². The molecule has 5 nitrogen and oxygen atoms in total. The predicted octanol–water partition coefficient (Wildman–Crippen LogP) is 4.18. The average molecular weight is 372 g/mol. The first kappa shape index (κ1) is 18.0. The summed E-state index contributed by atoms with van der Waals surface area (Å²) in [5.74, 6) is 0.853. The number of nitrogens with one attached hydrogen (secondary N) is 1. The minimum atomic E-state index is 0.0405. The van der Waals surface area contributed by atoms with Crippen LogP contribution in [0.2, 0.25) is 0 Å². The minimum absolute atomic E-state index is 0.0405. The quantitative estimate of drug-likeness (QED) is 0.730. The highest BCUT2D eigenvalue weighted by atomic mass is 16.2. The van der Waals surface area contributed by atoms with Crippen molar-refractivity contribution in [2.45, 2.75) is 12.5 Å². The lowest BCUT2D eigenvalue weighted by Gasteiger charge is -2.20. The Morgan fingerprint density at radius 2 is 1.75 bits per heavy atom. The van der Waals surface area contributed by atoms with Gasteiger partial charge >= 0.3 is 0 Å². The van der Waals surface area contributed by atoms with Crippen LogP contribution in [0.3, 0.4) is 0 Å². The maximum Gasteiger partial charge on any atom is 0.255 e. The van der Waals surface area contributed by atoms with Crippen molar-refractivity contribution < 1.29 is 4.79 Å². The van der Waals surface area contributed by atoms with Crippen LogP contribution < -0.4 is 10.2 Å². The van der Waals surface area contributed by atoms with Crippen molar-refractivity contribution >= 4 is 23.1 Å². The Hall–Kier alpha value is -3.34. The van der Waals surface area contributed by atoms with Crippen molar-refractivity contribution in [2.24, 2.45) is 0 Å². The number of anilines is 3. The van der Waals surface area contributed by atoms with Gasteiger partial charge in [0.2, 0.25) is 0 Å².